The van der Waals surface area contributed by atoms with Gasteiger partial charge in [-0.15, -0.1) is 0 Å². The summed E-state index contributed by atoms with van der Waals surface area (Å²) in [6.07, 6.45) is 1.53. The number of anilines is 1. The van der Waals surface area contributed by atoms with Crippen molar-refractivity contribution in [2.75, 3.05) is 5.73 Å². The smallest absolute Gasteiger partial charge is 0.189 e. The van der Waals surface area contributed by atoms with E-state index in [9.17, 15) is 0 Å². The van der Waals surface area contributed by atoms with Crippen LogP contribution in [0.2, 0.25) is 0 Å². The lowest BCUT2D eigenvalue weighted by molar-refractivity contribution is 0.432. The highest BCUT2D eigenvalue weighted by molar-refractivity contribution is 5.73. The van der Waals surface area contributed by atoms with E-state index in [0.29, 0.717) is 17.4 Å². The quantitative estimate of drug-likeness (QED) is 0.814. The lowest BCUT2D eigenvalue weighted by Gasteiger charge is -2.10. The first-order chi connectivity index (χ1) is 7.20. The molecular weight excluding hydrogens is 188 g/mol. The number of nitrogens with two attached hydrogens (primary N) is 1. The molecule has 0 unspecified atom stereocenters. The number of benzene rings is 1. The lowest BCUT2D eigenvalue weighted by Crippen LogP contribution is -1.93. The van der Waals surface area contributed by atoms with E-state index in [1.165, 1.54) is 11.8 Å². The molecule has 1 heterocycles. The van der Waals surface area contributed by atoms with E-state index in [-0.39, 0.29) is 0 Å². The molecule has 3 nitrogen and oxygen atoms in total. The van der Waals surface area contributed by atoms with Crippen LogP contribution in [0.5, 0.6) is 0 Å². The Kier molecular flexibility index (Phi) is 2.46. The lowest BCUT2D eigenvalue weighted by atomic mass is 9.95. The van der Waals surface area contributed by atoms with Crippen LogP contribution in [0, 0.1) is 0 Å². The Morgan fingerprint density at radius 3 is 2.60 bits per heavy atom. The Labute approximate surface area is 88.9 Å². The van der Waals surface area contributed by atoms with Crippen LogP contribution in [0.3, 0.4) is 0 Å². The van der Waals surface area contributed by atoms with Gasteiger partial charge in [-0.1, -0.05) is 43.3 Å². The van der Waals surface area contributed by atoms with E-state index in [1.54, 1.807) is 0 Å². The van der Waals surface area contributed by atoms with Crippen molar-refractivity contribution in [2.45, 2.75) is 19.8 Å². The van der Waals surface area contributed by atoms with Crippen molar-refractivity contribution in [3.63, 3.8) is 0 Å². The Bertz CT molecular complexity index is 460. The fourth-order valence-corrected chi connectivity index (χ4v) is 1.66. The monoisotopic (exact) mass is 202 g/mol. The van der Waals surface area contributed by atoms with Gasteiger partial charge in [-0.25, -0.2) is 0 Å². The SMILES string of the molecule is CC(C)c1ccccc1-c1oncc1N. The molecule has 0 aliphatic heterocycles. The molecule has 0 aliphatic rings. The molecule has 0 spiro atoms. The fraction of sp³-hybridized carbons (Fsp3) is 0.250. The van der Waals surface area contributed by atoms with Crippen LogP contribution in [0.25, 0.3) is 11.3 Å². The van der Waals surface area contributed by atoms with Crippen LogP contribution in [-0.2, 0) is 0 Å². The molecule has 1 aromatic carbocycles. The first kappa shape index (κ1) is 9.77. The highest BCUT2D eigenvalue weighted by atomic mass is 16.5. The molecular formula is C12H14N2O. The second kappa shape index (κ2) is 3.77. The van der Waals surface area contributed by atoms with Gasteiger partial charge in [-0.3, -0.25) is 0 Å². The average molecular weight is 202 g/mol. The number of nitrogen functional groups attached to an aromatic ring is 1. The third kappa shape index (κ3) is 1.73. The summed E-state index contributed by atoms with van der Waals surface area (Å²) in [4.78, 5) is 0. The normalized spacial score (nSPS) is 10.9. The Balaban J connectivity index is 2.58. The van der Waals surface area contributed by atoms with Crippen molar-refractivity contribution < 1.29 is 4.52 Å². The fourth-order valence-electron chi connectivity index (χ4n) is 1.66. The second-order valence-electron chi connectivity index (χ2n) is 3.85. The van der Waals surface area contributed by atoms with Gasteiger partial charge in [0.05, 0.1) is 6.20 Å². The average Bonchev–Trinajstić information content (AvgIpc) is 2.64. The molecule has 1 aromatic heterocycles. The van der Waals surface area contributed by atoms with Crippen molar-refractivity contribution in [2.24, 2.45) is 0 Å². The maximum Gasteiger partial charge on any atom is 0.189 e. The van der Waals surface area contributed by atoms with Crippen LogP contribution >= 0.6 is 0 Å². The maximum absolute atomic E-state index is 5.79. The van der Waals surface area contributed by atoms with Gasteiger partial charge in [0.1, 0.15) is 5.69 Å². The van der Waals surface area contributed by atoms with Crippen LogP contribution in [-0.4, -0.2) is 5.16 Å². The molecule has 0 amide bonds. The third-order valence-electron chi connectivity index (χ3n) is 2.43. The molecule has 0 saturated carbocycles. The molecule has 15 heavy (non-hydrogen) atoms. The molecule has 0 radical (unpaired) electrons. The van der Waals surface area contributed by atoms with Crippen LogP contribution in [0.1, 0.15) is 25.3 Å². The highest BCUT2D eigenvalue weighted by Crippen LogP contribution is 2.32. The van der Waals surface area contributed by atoms with Crippen molar-refractivity contribution in [1.29, 1.82) is 0 Å². The predicted molar refractivity (Wildman–Crippen MR) is 60.4 cm³/mol. The molecule has 2 rings (SSSR count). The van der Waals surface area contributed by atoms with Crippen LogP contribution in [0.4, 0.5) is 5.69 Å². The third-order valence-corrected chi connectivity index (χ3v) is 2.43. The van der Waals surface area contributed by atoms with Gasteiger partial charge in [-0.2, -0.15) is 0 Å². The summed E-state index contributed by atoms with van der Waals surface area (Å²) < 4.78 is 5.17. The van der Waals surface area contributed by atoms with Gasteiger partial charge < -0.3 is 10.3 Å². The van der Waals surface area contributed by atoms with E-state index < -0.39 is 0 Å². The summed E-state index contributed by atoms with van der Waals surface area (Å²) in [5.41, 5.74) is 8.62. The zero-order chi connectivity index (χ0) is 10.8. The van der Waals surface area contributed by atoms with E-state index in [4.69, 9.17) is 10.3 Å². The van der Waals surface area contributed by atoms with Crippen LogP contribution in [0.15, 0.2) is 35.0 Å². The number of hydrogen-bond acceptors (Lipinski definition) is 3. The van der Waals surface area contributed by atoms with Crippen LogP contribution < -0.4 is 5.73 Å². The number of rotatable bonds is 2. The number of hydrogen-bond donors (Lipinski definition) is 1. The topological polar surface area (TPSA) is 52.0 Å². The molecule has 0 fully saturated rings. The second-order valence-corrected chi connectivity index (χ2v) is 3.85. The molecule has 0 atom stereocenters. The van der Waals surface area contributed by atoms with Gasteiger partial charge in [0, 0.05) is 5.56 Å². The minimum atomic E-state index is 0.436. The zero-order valence-corrected chi connectivity index (χ0v) is 8.90. The van der Waals surface area contributed by atoms with Gasteiger partial charge in [0.2, 0.25) is 0 Å². The summed E-state index contributed by atoms with van der Waals surface area (Å²) in [5, 5.41) is 3.70. The van der Waals surface area contributed by atoms with Gasteiger partial charge >= 0.3 is 0 Å². The molecule has 0 bridgehead atoms. The summed E-state index contributed by atoms with van der Waals surface area (Å²) in [5.74, 6) is 1.10. The van der Waals surface area contributed by atoms with Gasteiger partial charge in [0.25, 0.3) is 0 Å². The molecule has 0 aliphatic carbocycles. The van der Waals surface area contributed by atoms with E-state index in [2.05, 4.69) is 25.1 Å². The molecule has 0 saturated heterocycles. The number of aromatic nitrogens is 1. The first-order valence-electron chi connectivity index (χ1n) is 4.99. The summed E-state index contributed by atoms with van der Waals surface area (Å²) in [6.45, 7) is 4.29. The standard InChI is InChI=1S/C12H14N2O/c1-8(2)9-5-3-4-6-10(9)12-11(13)7-14-15-12/h3-8H,13H2,1-2H3. The highest BCUT2D eigenvalue weighted by Gasteiger charge is 2.13. The Hall–Kier alpha value is -1.77. The van der Waals surface area contributed by atoms with Gasteiger partial charge in [0.15, 0.2) is 5.76 Å². The molecule has 78 valence electrons. The van der Waals surface area contributed by atoms with Crippen molar-refractivity contribution in [1.82, 2.24) is 5.16 Å². The van der Waals surface area contributed by atoms with E-state index >= 15 is 0 Å². The minimum absolute atomic E-state index is 0.436. The van der Waals surface area contributed by atoms with Crippen molar-refractivity contribution >= 4 is 5.69 Å². The Morgan fingerprint density at radius 1 is 1.27 bits per heavy atom. The largest absolute Gasteiger partial charge is 0.394 e. The van der Waals surface area contributed by atoms with E-state index in [1.807, 2.05) is 18.2 Å². The maximum atomic E-state index is 5.79. The van der Waals surface area contributed by atoms with Crippen molar-refractivity contribution in [3.05, 3.63) is 36.0 Å². The summed E-state index contributed by atoms with van der Waals surface area (Å²) >= 11 is 0. The minimum Gasteiger partial charge on any atom is -0.394 e. The summed E-state index contributed by atoms with van der Waals surface area (Å²) in [6, 6.07) is 8.09. The first-order valence-corrected chi connectivity index (χ1v) is 4.99. The summed E-state index contributed by atoms with van der Waals surface area (Å²) in [7, 11) is 0. The van der Waals surface area contributed by atoms with Crippen molar-refractivity contribution in [3.8, 4) is 11.3 Å². The van der Waals surface area contributed by atoms with Gasteiger partial charge in [-0.05, 0) is 11.5 Å². The van der Waals surface area contributed by atoms with E-state index in [0.717, 1.165) is 5.56 Å². The number of nitrogens with zero attached hydrogens (tertiary/aromatic N) is 1. The Morgan fingerprint density at radius 2 is 2.00 bits per heavy atom. The molecule has 2 N–H and O–H groups in total. The predicted octanol–water partition coefficient (Wildman–Crippen LogP) is 3.05. The molecule has 3 heteroatoms. The molecule has 2 aromatic rings. The zero-order valence-electron chi connectivity index (χ0n) is 8.90.